The van der Waals surface area contributed by atoms with Crippen molar-refractivity contribution in [2.75, 3.05) is 40.8 Å². The number of nitrogens with zero attached hydrogens (tertiary/aromatic N) is 4. The number of hydrogen-bond acceptors (Lipinski definition) is 6. The van der Waals surface area contributed by atoms with Crippen LogP contribution in [0.2, 0.25) is 0 Å². The molecule has 2 aliphatic heterocycles. The van der Waals surface area contributed by atoms with Crippen LogP contribution < -0.4 is 10.5 Å². The van der Waals surface area contributed by atoms with E-state index >= 15 is 4.79 Å². The quantitative estimate of drug-likeness (QED) is 0.186. The highest BCUT2D eigenvalue weighted by molar-refractivity contribution is 7.77. The molecule has 3 aromatic rings. The molecular weight excluding hydrogens is 655 g/mol. The van der Waals surface area contributed by atoms with Crippen LogP contribution in [0.3, 0.4) is 0 Å². The average Bonchev–Trinajstić information content (AvgIpc) is 3.77. The number of amides is 2. The third-order valence-corrected chi connectivity index (χ3v) is 11.5. The predicted molar refractivity (Wildman–Crippen MR) is 211 cm³/mol. The first-order valence-corrected chi connectivity index (χ1v) is 18.8. The second-order valence-electron chi connectivity index (χ2n) is 15.3. The van der Waals surface area contributed by atoms with Gasteiger partial charge in [-0.25, -0.2) is 0 Å². The molecule has 0 spiro atoms. The van der Waals surface area contributed by atoms with Crippen molar-refractivity contribution in [2.45, 2.75) is 82.8 Å². The van der Waals surface area contributed by atoms with E-state index in [1.807, 2.05) is 38.4 Å². The van der Waals surface area contributed by atoms with Crippen molar-refractivity contribution in [1.29, 1.82) is 0 Å². The summed E-state index contributed by atoms with van der Waals surface area (Å²) in [5.41, 5.74) is 12.9. The summed E-state index contributed by atoms with van der Waals surface area (Å²) in [6, 6.07) is 12.5. The summed E-state index contributed by atoms with van der Waals surface area (Å²) in [6.07, 6.45) is 12.5. The number of carbonyl (C=O) groups is 2. The van der Waals surface area contributed by atoms with Crippen LogP contribution in [0.1, 0.15) is 85.7 Å². The lowest BCUT2D eigenvalue weighted by atomic mass is 9.81. The first kappa shape index (κ1) is 37.0. The van der Waals surface area contributed by atoms with E-state index in [1.165, 1.54) is 47.0 Å². The maximum atomic E-state index is 15.1. The normalized spacial score (nSPS) is 24.8. The summed E-state index contributed by atoms with van der Waals surface area (Å²) >= 11 is 3.80. The van der Waals surface area contributed by atoms with Gasteiger partial charge < -0.3 is 19.9 Å². The summed E-state index contributed by atoms with van der Waals surface area (Å²) in [5.74, 6) is 1.15. The standard InChI is InChI=1S/C40H48N4O3.C2H7NS/c1-6-11-27(7-2)23-42-21-25(3)44(26(4)22-42)39(46)40-20-34(40)33-19-30(47-5)15-17-31(33)37-36(28-12-9-8-10-13-28)32-16-14-29(38(41)45)18-35(32)43(37)24-40;1-3(2)4/h6-7,11,14-19,25-26,28,34H,1-2,8-10,12-13,20-24H2,3-5H3,(H2,41,45);4H,1-2H3/b27-11+;/t25-,26+,34?,40?;. The van der Waals surface area contributed by atoms with Gasteiger partial charge in [-0.3, -0.25) is 18.8 Å². The number of fused-ring (bicyclic) bond motifs is 7. The Morgan fingerprint density at radius 2 is 1.75 bits per heavy atom. The Bertz CT molecular complexity index is 1840. The average molecular weight is 710 g/mol. The van der Waals surface area contributed by atoms with E-state index in [0.29, 0.717) is 18.0 Å². The van der Waals surface area contributed by atoms with Gasteiger partial charge in [0, 0.05) is 66.2 Å². The van der Waals surface area contributed by atoms with Gasteiger partial charge in [-0.1, -0.05) is 69.5 Å². The molecule has 3 fully saturated rings. The fraction of sp³-hybridized carbons (Fsp3) is 0.476. The fourth-order valence-corrected chi connectivity index (χ4v) is 9.25. The van der Waals surface area contributed by atoms with Crippen LogP contribution >= 0.6 is 12.8 Å². The van der Waals surface area contributed by atoms with Crippen LogP contribution in [0.4, 0.5) is 0 Å². The second-order valence-corrected chi connectivity index (χ2v) is 16.1. The van der Waals surface area contributed by atoms with Gasteiger partial charge in [0.1, 0.15) is 5.75 Å². The smallest absolute Gasteiger partial charge is 0.248 e. The Hall–Kier alpha value is -3.79. The largest absolute Gasteiger partial charge is 0.497 e. The maximum absolute atomic E-state index is 15.1. The number of benzene rings is 2. The zero-order chi connectivity index (χ0) is 36.6. The van der Waals surface area contributed by atoms with Crippen LogP contribution in [0.25, 0.3) is 22.2 Å². The SMILES string of the molecule is C=C/C=C(\C=C)CN1C[C@@H](C)N(C(=O)C23CC2c2cc(OC)ccc2-c2c(C4CCCCC4)c4ccc(C(N)=O)cc4n2C3)[C@@H](C)C1.CN(C)S. The zero-order valence-electron chi connectivity index (χ0n) is 31.0. The highest BCUT2D eigenvalue weighted by Gasteiger charge is 2.64. The zero-order valence-corrected chi connectivity index (χ0v) is 31.9. The lowest BCUT2D eigenvalue weighted by Gasteiger charge is -2.46. The molecule has 2 aromatic carbocycles. The monoisotopic (exact) mass is 709 g/mol. The number of primary amides is 1. The number of ether oxygens (including phenoxy) is 1. The lowest BCUT2D eigenvalue weighted by Crippen LogP contribution is -2.60. The van der Waals surface area contributed by atoms with Gasteiger partial charge in [0.25, 0.3) is 0 Å². The van der Waals surface area contributed by atoms with E-state index in [-0.39, 0.29) is 23.9 Å². The van der Waals surface area contributed by atoms with E-state index in [4.69, 9.17) is 10.5 Å². The molecule has 9 heteroatoms. The fourth-order valence-electron chi connectivity index (χ4n) is 9.25. The minimum Gasteiger partial charge on any atom is -0.497 e. The molecule has 3 heterocycles. The molecule has 0 radical (unpaired) electrons. The number of hydrogen-bond donors (Lipinski definition) is 2. The third kappa shape index (κ3) is 7.05. The maximum Gasteiger partial charge on any atom is 0.248 e. The molecule has 272 valence electrons. The molecule has 2 amide bonds. The number of allylic oxidation sites excluding steroid dienone is 2. The minimum atomic E-state index is -0.579. The van der Waals surface area contributed by atoms with Gasteiger partial charge in [0.05, 0.1) is 18.2 Å². The molecule has 2 saturated carbocycles. The van der Waals surface area contributed by atoms with E-state index in [1.54, 1.807) is 17.5 Å². The van der Waals surface area contributed by atoms with Crippen molar-refractivity contribution in [3.8, 4) is 17.0 Å². The van der Waals surface area contributed by atoms with Crippen LogP contribution in [0.5, 0.6) is 5.75 Å². The third-order valence-electron chi connectivity index (χ3n) is 11.5. The molecule has 2 N–H and O–H groups in total. The minimum absolute atomic E-state index is 0.0600. The van der Waals surface area contributed by atoms with Crippen molar-refractivity contribution in [2.24, 2.45) is 11.1 Å². The number of nitrogens with two attached hydrogens (primary N) is 1. The Morgan fingerprint density at radius 1 is 1.06 bits per heavy atom. The van der Waals surface area contributed by atoms with E-state index in [0.717, 1.165) is 55.7 Å². The number of methoxy groups -OCH3 is 1. The molecule has 1 aromatic heterocycles. The van der Waals surface area contributed by atoms with Crippen molar-refractivity contribution in [3.05, 3.63) is 90.0 Å². The van der Waals surface area contributed by atoms with Crippen LogP contribution in [0.15, 0.2) is 73.4 Å². The van der Waals surface area contributed by atoms with E-state index in [9.17, 15) is 4.79 Å². The van der Waals surface area contributed by atoms with E-state index < -0.39 is 11.3 Å². The Kier molecular flexibility index (Phi) is 10.9. The molecule has 8 nitrogen and oxygen atoms in total. The van der Waals surface area contributed by atoms with Crippen LogP contribution in [-0.2, 0) is 11.3 Å². The number of aromatic nitrogens is 1. The molecular formula is C42H55N5O3S. The first-order valence-electron chi connectivity index (χ1n) is 18.4. The molecule has 1 saturated heterocycles. The van der Waals surface area contributed by atoms with Gasteiger partial charge in [0.15, 0.2) is 0 Å². The highest BCUT2D eigenvalue weighted by atomic mass is 32.1. The van der Waals surface area contributed by atoms with Gasteiger partial charge in [-0.2, -0.15) is 0 Å². The Balaban J connectivity index is 0.00000107. The molecule has 2 unspecified atom stereocenters. The Labute approximate surface area is 309 Å². The number of rotatable bonds is 8. The Morgan fingerprint density at radius 3 is 2.35 bits per heavy atom. The van der Waals surface area contributed by atoms with Crippen molar-refractivity contribution >= 4 is 35.5 Å². The first-order chi connectivity index (χ1) is 24.4. The molecule has 2 aliphatic carbocycles. The summed E-state index contributed by atoms with van der Waals surface area (Å²) in [7, 11) is 5.44. The van der Waals surface area contributed by atoms with Crippen molar-refractivity contribution in [1.82, 2.24) is 18.7 Å². The number of carbonyl (C=O) groups excluding carboxylic acids is 2. The van der Waals surface area contributed by atoms with E-state index in [2.05, 4.69) is 78.5 Å². The van der Waals surface area contributed by atoms with Gasteiger partial charge >= 0.3 is 0 Å². The summed E-state index contributed by atoms with van der Waals surface area (Å²) in [6.45, 7) is 15.2. The number of thiol groups is 1. The van der Waals surface area contributed by atoms with Gasteiger partial charge in [-0.05, 0) is 100 Å². The van der Waals surface area contributed by atoms with Crippen LogP contribution in [-0.4, -0.2) is 83.4 Å². The lowest BCUT2D eigenvalue weighted by molar-refractivity contribution is -0.145. The van der Waals surface area contributed by atoms with Crippen LogP contribution in [0, 0.1) is 5.41 Å². The number of piperazine rings is 1. The topological polar surface area (TPSA) is 84.0 Å². The molecule has 4 atom stereocenters. The summed E-state index contributed by atoms with van der Waals surface area (Å²) in [4.78, 5) is 32.2. The second kappa shape index (κ2) is 15.1. The molecule has 7 rings (SSSR count). The molecule has 4 aliphatic rings. The summed E-state index contributed by atoms with van der Waals surface area (Å²) < 4.78 is 9.85. The summed E-state index contributed by atoms with van der Waals surface area (Å²) in [5, 5.41) is 1.18. The van der Waals surface area contributed by atoms with Crippen molar-refractivity contribution in [3.63, 3.8) is 0 Å². The van der Waals surface area contributed by atoms with Gasteiger partial charge in [0.2, 0.25) is 11.8 Å². The molecule has 51 heavy (non-hydrogen) atoms. The highest BCUT2D eigenvalue weighted by Crippen LogP contribution is 2.66. The van der Waals surface area contributed by atoms with Gasteiger partial charge in [-0.15, -0.1) is 0 Å². The molecule has 0 bridgehead atoms. The van der Waals surface area contributed by atoms with Crippen molar-refractivity contribution < 1.29 is 14.3 Å². The predicted octanol–water partition coefficient (Wildman–Crippen LogP) is 7.56.